The smallest absolute Gasteiger partial charge is 0.0168 e. The third-order valence-corrected chi connectivity index (χ3v) is 6.59. The first-order valence-electron chi connectivity index (χ1n) is 10.2. The van der Waals surface area contributed by atoms with Gasteiger partial charge < -0.3 is 4.90 Å². The van der Waals surface area contributed by atoms with Crippen LogP contribution in [0.3, 0.4) is 0 Å². The van der Waals surface area contributed by atoms with Gasteiger partial charge in [-0.1, -0.05) is 49.0 Å². The molecule has 27 heavy (non-hydrogen) atoms. The lowest BCUT2D eigenvalue weighted by atomic mass is 10.0. The maximum Gasteiger partial charge on any atom is 0.0168 e. The van der Waals surface area contributed by atoms with Crippen molar-refractivity contribution in [2.45, 2.75) is 53.4 Å². The monoisotopic (exact) mass is 407 g/mol. The van der Waals surface area contributed by atoms with Crippen molar-refractivity contribution in [3.63, 3.8) is 0 Å². The Balaban J connectivity index is 4.30. The quantitative estimate of drug-likeness (QED) is 0.120. The van der Waals surface area contributed by atoms with Crippen LogP contribution in [-0.4, -0.2) is 42.8 Å². The summed E-state index contributed by atoms with van der Waals surface area (Å²) in [5.74, 6) is 2.45. The van der Waals surface area contributed by atoms with Gasteiger partial charge in [0.25, 0.3) is 0 Å². The lowest BCUT2D eigenvalue weighted by Gasteiger charge is -2.16. The number of hydrogen-bond donors (Lipinski definition) is 0. The third kappa shape index (κ3) is 14.9. The number of allylic oxidation sites excluding steroid dienone is 9. The number of thioether (sulfide) groups is 1. The number of unbranched alkanes of at least 4 members (excludes halogenated alkanes) is 1. The molecule has 0 radical (unpaired) electrons. The molecule has 1 unspecified atom stereocenters. The Bertz CT molecular complexity index is 526. The molecule has 0 aromatic rings. The van der Waals surface area contributed by atoms with Crippen LogP contribution < -0.4 is 0 Å². The van der Waals surface area contributed by atoms with E-state index >= 15 is 0 Å². The largest absolute Gasteiger partial charge is 0.381 e. The van der Waals surface area contributed by atoms with E-state index < -0.39 is 0 Å². The van der Waals surface area contributed by atoms with E-state index in [0.29, 0.717) is 0 Å². The fraction of sp³-hybridized carbons (Fsp3) is 0.583. The third-order valence-electron chi connectivity index (χ3n) is 4.37. The molecule has 0 bridgehead atoms. The molecule has 0 rings (SSSR count). The van der Waals surface area contributed by atoms with Crippen LogP contribution in [0, 0.1) is 0 Å². The molecule has 0 aliphatic heterocycles. The summed E-state index contributed by atoms with van der Waals surface area (Å²) in [5.41, 5.74) is 5.57. The summed E-state index contributed by atoms with van der Waals surface area (Å²) >= 11 is 2.02. The first-order chi connectivity index (χ1) is 12.9. The van der Waals surface area contributed by atoms with Crippen LogP contribution in [0.2, 0.25) is 0 Å². The van der Waals surface area contributed by atoms with Crippen molar-refractivity contribution >= 4 is 20.3 Å². The van der Waals surface area contributed by atoms with E-state index in [1.807, 2.05) is 11.8 Å². The van der Waals surface area contributed by atoms with Crippen molar-refractivity contribution < 1.29 is 0 Å². The van der Waals surface area contributed by atoms with Crippen molar-refractivity contribution in [3.05, 3.63) is 59.4 Å². The lowest BCUT2D eigenvalue weighted by molar-refractivity contribution is 0.516. The Morgan fingerprint density at radius 1 is 1.19 bits per heavy atom. The van der Waals surface area contributed by atoms with E-state index in [1.165, 1.54) is 65.5 Å². The van der Waals surface area contributed by atoms with E-state index in [2.05, 4.69) is 83.6 Å². The summed E-state index contributed by atoms with van der Waals surface area (Å²) in [6, 6.07) is 0. The second kappa shape index (κ2) is 17.4. The molecule has 0 saturated heterocycles. The molecule has 0 aliphatic carbocycles. The molecule has 0 heterocycles. The fourth-order valence-electron chi connectivity index (χ4n) is 2.49. The summed E-state index contributed by atoms with van der Waals surface area (Å²) in [6.07, 6.45) is 18.5. The molecule has 0 N–H and O–H groups in total. The molecule has 154 valence electrons. The standard InChI is InChI=1S/C24H42NPS/c1-8-10-14-24(25(6)7)20-26-18-12-11-13-23(21(3)4)16-15-22(5)17-19-27-9-2/h8,10,13-15,26H,3,9,11-12,16-20H2,1-2,4-7H3/b10-8-,22-15-,23-13+,24-14-. The van der Waals surface area contributed by atoms with Crippen molar-refractivity contribution in [1.29, 1.82) is 0 Å². The molecule has 0 saturated carbocycles. The predicted molar refractivity (Wildman–Crippen MR) is 133 cm³/mol. The van der Waals surface area contributed by atoms with Gasteiger partial charge in [-0.15, -0.1) is 8.58 Å². The van der Waals surface area contributed by atoms with Gasteiger partial charge in [-0.05, 0) is 75.8 Å². The van der Waals surface area contributed by atoms with Crippen molar-refractivity contribution in [2.24, 2.45) is 0 Å². The molecule has 0 fully saturated rings. The van der Waals surface area contributed by atoms with E-state index in [9.17, 15) is 0 Å². The molecular weight excluding hydrogens is 365 g/mol. The summed E-state index contributed by atoms with van der Waals surface area (Å²) in [6.45, 7) is 12.9. The lowest BCUT2D eigenvalue weighted by Crippen LogP contribution is -2.12. The van der Waals surface area contributed by atoms with E-state index in [0.717, 1.165) is 15.0 Å². The minimum absolute atomic E-state index is 1.00. The maximum atomic E-state index is 4.18. The summed E-state index contributed by atoms with van der Waals surface area (Å²) in [7, 11) is 5.28. The van der Waals surface area contributed by atoms with Gasteiger partial charge in [-0.3, -0.25) is 0 Å². The van der Waals surface area contributed by atoms with E-state index in [1.54, 1.807) is 0 Å². The van der Waals surface area contributed by atoms with Crippen LogP contribution in [0.1, 0.15) is 53.4 Å². The highest BCUT2D eigenvalue weighted by Gasteiger charge is 2.00. The van der Waals surface area contributed by atoms with Gasteiger partial charge in [0.1, 0.15) is 0 Å². The molecule has 0 spiro atoms. The van der Waals surface area contributed by atoms with Gasteiger partial charge in [0.15, 0.2) is 0 Å². The topological polar surface area (TPSA) is 3.24 Å². The molecule has 0 aromatic carbocycles. The highest BCUT2D eigenvalue weighted by Crippen LogP contribution is 2.21. The average molecular weight is 408 g/mol. The van der Waals surface area contributed by atoms with Crippen LogP contribution in [0.15, 0.2) is 59.4 Å². The Hall–Kier alpha value is -0.720. The zero-order valence-electron chi connectivity index (χ0n) is 18.6. The summed E-state index contributed by atoms with van der Waals surface area (Å²) in [5, 5.41) is 0. The molecule has 1 nitrogen and oxygen atoms in total. The van der Waals surface area contributed by atoms with Crippen LogP contribution in [0.25, 0.3) is 0 Å². The maximum absolute atomic E-state index is 4.18. The van der Waals surface area contributed by atoms with Gasteiger partial charge in [0.2, 0.25) is 0 Å². The van der Waals surface area contributed by atoms with Crippen molar-refractivity contribution in [1.82, 2.24) is 4.90 Å². The molecule has 1 atom stereocenters. The molecule has 0 amide bonds. The Morgan fingerprint density at radius 3 is 2.52 bits per heavy atom. The van der Waals surface area contributed by atoms with Crippen LogP contribution in [0.4, 0.5) is 0 Å². The summed E-state index contributed by atoms with van der Waals surface area (Å²) in [4.78, 5) is 2.24. The zero-order valence-corrected chi connectivity index (χ0v) is 20.4. The highest BCUT2D eigenvalue weighted by atomic mass is 32.2. The van der Waals surface area contributed by atoms with Gasteiger partial charge in [-0.2, -0.15) is 11.8 Å². The van der Waals surface area contributed by atoms with Gasteiger partial charge in [0.05, 0.1) is 0 Å². The van der Waals surface area contributed by atoms with E-state index in [4.69, 9.17) is 0 Å². The number of nitrogens with zero attached hydrogens (tertiary/aromatic N) is 1. The van der Waals surface area contributed by atoms with Gasteiger partial charge in [-0.25, -0.2) is 0 Å². The Kier molecular flexibility index (Phi) is 16.9. The SMILES string of the molecule is C=C(C)/C(=C/CCCPC/C(=C/C=C\C)N(C)C)C/C=C(/C)CCSCC. The van der Waals surface area contributed by atoms with Crippen molar-refractivity contribution in [2.75, 3.05) is 37.9 Å². The highest BCUT2D eigenvalue weighted by molar-refractivity contribution is 7.99. The Morgan fingerprint density at radius 2 is 1.93 bits per heavy atom. The number of rotatable bonds is 15. The summed E-state index contributed by atoms with van der Waals surface area (Å²) < 4.78 is 0. The molecule has 0 aliphatic rings. The van der Waals surface area contributed by atoms with Crippen LogP contribution in [0.5, 0.6) is 0 Å². The normalized spacial score (nSPS) is 13.9. The predicted octanol–water partition coefficient (Wildman–Crippen LogP) is 7.45. The molecule has 3 heteroatoms. The average Bonchev–Trinajstić information content (AvgIpc) is 2.62. The zero-order chi connectivity index (χ0) is 20.5. The minimum Gasteiger partial charge on any atom is -0.381 e. The van der Waals surface area contributed by atoms with Crippen molar-refractivity contribution in [3.8, 4) is 0 Å². The fourth-order valence-corrected chi connectivity index (χ4v) is 4.56. The first kappa shape index (κ1) is 26.3. The first-order valence-corrected chi connectivity index (χ1v) is 12.8. The van der Waals surface area contributed by atoms with E-state index in [-0.39, 0.29) is 0 Å². The van der Waals surface area contributed by atoms with Crippen LogP contribution >= 0.6 is 20.3 Å². The Labute approximate surface area is 175 Å². The number of hydrogen-bond acceptors (Lipinski definition) is 2. The molecular formula is C24H42NPS. The molecule has 0 aromatic heterocycles. The minimum atomic E-state index is 1.00. The van der Waals surface area contributed by atoms with Gasteiger partial charge in [0, 0.05) is 26.0 Å². The second-order valence-electron chi connectivity index (χ2n) is 7.11. The van der Waals surface area contributed by atoms with Crippen LogP contribution in [-0.2, 0) is 0 Å². The van der Waals surface area contributed by atoms with Gasteiger partial charge >= 0.3 is 0 Å². The second-order valence-corrected chi connectivity index (χ2v) is 9.86.